The summed E-state index contributed by atoms with van der Waals surface area (Å²) >= 11 is 0. The Morgan fingerprint density at radius 3 is 2.25 bits per heavy atom. The minimum atomic E-state index is -1.79. The van der Waals surface area contributed by atoms with E-state index in [9.17, 15) is 17.8 Å². The lowest BCUT2D eigenvalue weighted by Crippen LogP contribution is -2.23. The molecule has 0 aliphatic heterocycles. The SMILES string of the molecule is CC(C(=O)c1ccc(F)cc1)S(=O)c1ccccc1F. The molecule has 2 atom stereocenters. The Morgan fingerprint density at radius 2 is 1.65 bits per heavy atom. The molecule has 5 heteroatoms. The molecule has 0 N–H and O–H groups in total. The van der Waals surface area contributed by atoms with Crippen molar-refractivity contribution in [1.29, 1.82) is 0 Å². The van der Waals surface area contributed by atoms with Gasteiger partial charge >= 0.3 is 0 Å². The highest BCUT2D eigenvalue weighted by Crippen LogP contribution is 2.18. The van der Waals surface area contributed by atoms with Crippen molar-refractivity contribution in [2.75, 3.05) is 0 Å². The van der Waals surface area contributed by atoms with Crippen molar-refractivity contribution in [1.82, 2.24) is 0 Å². The van der Waals surface area contributed by atoms with Crippen LogP contribution in [0.1, 0.15) is 17.3 Å². The third-order valence-electron chi connectivity index (χ3n) is 2.87. The molecule has 0 heterocycles. The molecule has 0 fully saturated rings. The zero-order valence-electron chi connectivity index (χ0n) is 10.7. The fraction of sp³-hybridized carbons (Fsp3) is 0.133. The highest BCUT2D eigenvalue weighted by atomic mass is 32.2. The fourth-order valence-corrected chi connectivity index (χ4v) is 2.93. The second-order valence-electron chi connectivity index (χ2n) is 4.24. The number of rotatable bonds is 4. The third kappa shape index (κ3) is 2.99. The second-order valence-corrected chi connectivity index (χ2v) is 5.98. The number of Topliss-reactive ketones (excluding diaryl/α,β-unsaturated/α-hetero) is 1. The van der Waals surface area contributed by atoms with Crippen LogP contribution < -0.4 is 0 Å². The van der Waals surface area contributed by atoms with Crippen molar-refractivity contribution in [3.63, 3.8) is 0 Å². The molecule has 104 valence electrons. The van der Waals surface area contributed by atoms with Gasteiger partial charge in [0.05, 0.1) is 20.9 Å². The Bertz CT molecular complexity index is 653. The molecule has 0 spiro atoms. The highest BCUT2D eigenvalue weighted by molar-refractivity contribution is 7.86. The van der Waals surface area contributed by atoms with Crippen LogP contribution in [0.25, 0.3) is 0 Å². The number of hydrogen-bond donors (Lipinski definition) is 0. The van der Waals surface area contributed by atoms with E-state index in [1.54, 1.807) is 6.07 Å². The molecule has 2 rings (SSSR count). The predicted molar refractivity (Wildman–Crippen MR) is 73.0 cm³/mol. The molecule has 0 bridgehead atoms. The van der Waals surface area contributed by atoms with Gasteiger partial charge in [-0.1, -0.05) is 12.1 Å². The molecular formula is C15H12F2O2S. The standard InChI is InChI=1S/C15H12F2O2S/c1-10(15(18)11-6-8-12(16)9-7-11)20(19)14-5-3-2-4-13(14)17/h2-10H,1H3. The topological polar surface area (TPSA) is 34.1 Å². The van der Waals surface area contributed by atoms with Crippen LogP contribution in [0.3, 0.4) is 0 Å². The summed E-state index contributed by atoms with van der Waals surface area (Å²) in [5, 5.41) is -0.905. The Hall–Kier alpha value is -1.88. The smallest absolute Gasteiger partial charge is 0.178 e. The summed E-state index contributed by atoms with van der Waals surface area (Å²) in [6.45, 7) is 1.47. The fourth-order valence-electron chi connectivity index (χ4n) is 1.74. The maximum atomic E-state index is 13.6. The summed E-state index contributed by atoms with van der Waals surface area (Å²) < 4.78 is 38.6. The van der Waals surface area contributed by atoms with Crippen LogP contribution in [0.5, 0.6) is 0 Å². The minimum Gasteiger partial charge on any atom is -0.293 e. The van der Waals surface area contributed by atoms with Crippen LogP contribution in [0.2, 0.25) is 0 Å². The molecule has 0 saturated heterocycles. The van der Waals surface area contributed by atoms with E-state index in [0.717, 1.165) is 12.1 Å². The van der Waals surface area contributed by atoms with Crippen molar-refractivity contribution in [2.24, 2.45) is 0 Å². The van der Waals surface area contributed by atoms with Gasteiger partial charge in [-0.15, -0.1) is 0 Å². The maximum absolute atomic E-state index is 13.6. The van der Waals surface area contributed by atoms with E-state index in [1.807, 2.05) is 0 Å². The van der Waals surface area contributed by atoms with Gasteiger partial charge in [0.15, 0.2) is 5.78 Å². The van der Waals surface area contributed by atoms with E-state index < -0.39 is 33.5 Å². The molecule has 0 amide bonds. The third-order valence-corrected chi connectivity index (χ3v) is 4.49. The van der Waals surface area contributed by atoms with Gasteiger partial charge in [0.25, 0.3) is 0 Å². The molecule has 2 nitrogen and oxygen atoms in total. The lowest BCUT2D eigenvalue weighted by atomic mass is 10.1. The van der Waals surface area contributed by atoms with Gasteiger partial charge in [0.1, 0.15) is 11.6 Å². The molecule has 0 radical (unpaired) electrons. The second kappa shape index (κ2) is 6.05. The Balaban J connectivity index is 2.25. The first kappa shape index (κ1) is 14.5. The molecule has 0 aliphatic rings. The van der Waals surface area contributed by atoms with E-state index in [-0.39, 0.29) is 10.5 Å². The summed E-state index contributed by atoms with van der Waals surface area (Å²) in [5.74, 6) is -1.47. The van der Waals surface area contributed by atoms with Gasteiger partial charge in [0.2, 0.25) is 0 Å². The number of hydrogen-bond acceptors (Lipinski definition) is 2. The number of carbonyl (C=O) groups excluding carboxylic acids is 1. The van der Waals surface area contributed by atoms with Gasteiger partial charge in [-0.05, 0) is 43.3 Å². The van der Waals surface area contributed by atoms with E-state index in [2.05, 4.69) is 0 Å². The van der Waals surface area contributed by atoms with Crippen LogP contribution >= 0.6 is 0 Å². The lowest BCUT2D eigenvalue weighted by molar-refractivity contribution is 0.0992. The van der Waals surface area contributed by atoms with Crippen molar-refractivity contribution in [3.05, 3.63) is 65.7 Å². The summed E-state index contributed by atoms with van der Waals surface area (Å²) in [6, 6.07) is 10.6. The Morgan fingerprint density at radius 1 is 1.05 bits per heavy atom. The van der Waals surface area contributed by atoms with Crippen LogP contribution in [0.15, 0.2) is 53.4 Å². The normalized spacial score (nSPS) is 13.8. The molecule has 2 aromatic rings. The molecule has 2 unspecified atom stereocenters. The molecule has 0 saturated carbocycles. The molecule has 2 aromatic carbocycles. The quantitative estimate of drug-likeness (QED) is 0.810. The van der Waals surface area contributed by atoms with E-state index >= 15 is 0 Å². The van der Waals surface area contributed by atoms with Gasteiger partial charge in [-0.2, -0.15) is 0 Å². The van der Waals surface area contributed by atoms with Gasteiger partial charge in [-0.25, -0.2) is 8.78 Å². The van der Waals surface area contributed by atoms with Gasteiger partial charge in [-0.3, -0.25) is 9.00 Å². The molecule has 0 aliphatic carbocycles. The first-order valence-electron chi connectivity index (χ1n) is 5.95. The van der Waals surface area contributed by atoms with Crippen LogP contribution in [0, 0.1) is 11.6 Å². The highest BCUT2D eigenvalue weighted by Gasteiger charge is 2.24. The number of benzene rings is 2. The van der Waals surface area contributed by atoms with Crippen molar-refractivity contribution >= 4 is 16.6 Å². The summed E-state index contributed by atoms with van der Waals surface area (Å²) in [4.78, 5) is 12.1. The van der Waals surface area contributed by atoms with Crippen LogP contribution in [-0.2, 0) is 10.8 Å². The predicted octanol–water partition coefficient (Wildman–Crippen LogP) is 3.34. The van der Waals surface area contributed by atoms with Crippen LogP contribution in [-0.4, -0.2) is 15.2 Å². The van der Waals surface area contributed by atoms with E-state index in [4.69, 9.17) is 0 Å². The first-order chi connectivity index (χ1) is 9.50. The Labute approximate surface area is 117 Å². The monoisotopic (exact) mass is 294 g/mol. The summed E-state index contributed by atoms with van der Waals surface area (Å²) in [6.07, 6.45) is 0. The van der Waals surface area contributed by atoms with E-state index in [1.165, 1.54) is 37.3 Å². The largest absolute Gasteiger partial charge is 0.293 e. The van der Waals surface area contributed by atoms with E-state index in [0.29, 0.717) is 0 Å². The lowest BCUT2D eigenvalue weighted by Gasteiger charge is -2.11. The average Bonchev–Trinajstić information content (AvgIpc) is 2.46. The van der Waals surface area contributed by atoms with Gasteiger partial charge in [0, 0.05) is 5.56 Å². The summed E-state index contributed by atoms with van der Waals surface area (Å²) in [7, 11) is -1.79. The number of halogens is 2. The van der Waals surface area contributed by atoms with Crippen molar-refractivity contribution in [3.8, 4) is 0 Å². The molecular weight excluding hydrogens is 282 g/mol. The number of ketones is 1. The minimum absolute atomic E-state index is 0.00420. The number of carbonyl (C=O) groups is 1. The van der Waals surface area contributed by atoms with Crippen molar-refractivity contribution in [2.45, 2.75) is 17.1 Å². The van der Waals surface area contributed by atoms with Crippen LogP contribution in [0.4, 0.5) is 8.78 Å². The maximum Gasteiger partial charge on any atom is 0.178 e. The average molecular weight is 294 g/mol. The summed E-state index contributed by atoms with van der Waals surface area (Å²) in [5.41, 5.74) is 0.253. The molecule has 20 heavy (non-hydrogen) atoms. The van der Waals surface area contributed by atoms with Crippen molar-refractivity contribution < 1.29 is 17.8 Å². The Kier molecular flexibility index (Phi) is 4.39. The molecule has 0 aromatic heterocycles. The zero-order valence-corrected chi connectivity index (χ0v) is 11.5. The first-order valence-corrected chi connectivity index (χ1v) is 7.17. The zero-order chi connectivity index (χ0) is 14.7. The van der Waals surface area contributed by atoms with Gasteiger partial charge < -0.3 is 0 Å².